The first-order valence-corrected chi connectivity index (χ1v) is 5.14. The van der Waals surface area contributed by atoms with Crippen molar-refractivity contribution in [3.63, 3.8) is 0 Å². The first kappa shape index (κ1) is 13.4. The molecule has 0 N–H and O–H groups in total. The summed E-state index contributed by atoms with van der Waals surface area (Å²) < 4.78 is 1.85. The molecule has 0 atom stereocenters. The second-order valence-corrected chi connectivity index (χ2v) is 2.78. The molecule has 0 aromatic carbocycles. The van der Waals surface area contributed by atoms with Crippen molar-refractivity contribution in [1.29, 1.82) is 0 Å². The van der Waals surface area contributed by atoms with Crippen LogP contribution in [0.2, 0.25) is 0 Å². The highest BCUT2D eigenvalue weighted by molar-refractivity contribution is 5.72. The molecule has 1 rings (SSSR count). The molecule has 0 radical (unpaired) electrons. The van der Waals surface area contributed by atoms with Gasteiger partial charge < -0.3 is 4.57 Å². The third-order valence-electron chi connectivity index (χ3n) is 2.06. The molecule has 2 nitrogen and oxygen atoms in total. The van der Waals surface area contributed by atoms with E-state index in [1.165, 1.54) is 0 Å². The van der Waals surface area contributed by atoms with E-state index in [0.29, 0.717) is 5.69 Å². The van der Waals surface area contributed by atoms with Crippen molar-refractivity contribution in [1.82, 2.24) is 4.57 Å². The van der Waals surface area contributed by atoms with Gasteiger partial charge in [-0.25, -0.2) is 0 Å². The standard InChI is InChI=1S/C11H13NO.C2H6/c1-4-6-11-9(5-2)7-10(8-13)12(11)3;1-2/h4-8H,1H2,2-3H3;1-2H3/b9-5-,11-6+;. The zero-order valence-corrected chi connectivity index (χ0v) is 9.95. The Morgan fingerprint density at radius 3 is 2.40 bits per heavy atom. The summed E-state index contributed by atoms with van der Waals surface area (Å²) in [4.78, 5) is 10.6. The van der Waals surface area contributed by atoms with Gasteiger partial charge in [0.25, 0.3) is 0 Å². The number of hydrogen-bond donors (Lipinski definition) is 0. The monoisotopic (exact) mass is 205 g/mol. The number of rotatable bonds is 2. The molecule has 1 heterocycles. The summed E-state index contributed by atoms with van der Waals surface area (Å²) in [6.07, 6.45) is 6.44. The number of carbonyl (C=O) groups excluding carboxylic acids is 1. The minimum atomic E-state index is 0.682. The third-order valence-corrected chi connectivity index (χ3v) is 2.06. The molecule has 2 heteroatoms. The Kier molecular flexibility index (Phi) is 6.11. The maximum atomic E-state index is 10.6. The first-order chi connectivity index (χ1) is 7.24. The van der Waals surface area contributed by atoms with E-state index in [0.717, 1.165) is 16.9 Å². The van der Waals surface area contributed by atoms with Gasteiger partial charge in [-0.05, 0) is 24.3 Å². The number of aldehydes is 1. The zero-order chi connectivity index (χ0) is 11.8. The molecule has 15 heavy (non-hydrogen) atoms. The molecule has 1 aromatic heterocycles. The van der Waals surface area contributed by atoms with Gasteiger partial charge in [-0.1, -0.05) is 32.6 Å². The lowest BCUT2D eigenvalue weighted by atomic mass is 10.3. The maximum absolute atomic E-state index is 10.6. The van der Waals surface area contributed by atoms with Crippen LogP contribution < -0.4 is 10.6 Å². The Hall–Kier alpha value is -1.57. The van der Waals surface area contributed by atoms with Gasteiger partial charge in [0.1, 0.15) is 0 Å². The molecule has 82 valence electrons. The number of aromatic nitrogens is 1. The quantitative estimate of drug-likeness (QED) is 0.673. The Morgan fingerprint density at radius 2 is 2.00 bits per heavy atom. The lowest BCUT2D eigenvalue weighted by Gasteiger charge is -1.93. The van der Waals surface area contributed by atoms with Crippen LogP contribution in [-0.2, 0) is 7.05 Å². The van der Waals surface area contributed by atoms with Gasteiger partial charge >= 0.3 is 0 Å². The molecule has 0 aliphatic carbocycles. The Labute approximate surface area is 91.2 Å². The lowest BCUT2D eigenvalue weighted by Crippen LogP contribution is -2.27. The van der Waals surface area contributed by atoms with Gasteiger partial charge in [-0.2, -0.15) is 0 Å². The van der Waals surface area contributed by atoms with Crippen LogP contribution in [0.25, 0.3) is 12.2 Å². The van der Waals surface area contributed by atoms with E-state index in [-0.39, 0.29) is 0 Å². The maximum Gasteiger partial charge on any atom is 0.166 e. The van der Waals surface area contributed by atoms with Crippen molar-refractivity contribution >= 4 is 18.4 Å². The largest absolute Gasteiger partial charge is 0.341 e. The van der Waals surface area contributed by atoms with E-state index in [9.17, 15) is 4.79 Å². The van der Waals surface area contributed by atoms with Crippen molar-refractivity contribution in [2.24, 2.45) is 7.05 Å². The predicted molar refractivity (Wildman–Crippen MR) is 66.2 cm³/mol. The number of allylic oxidation sites excluding steroid dienone is 1. The van der Waals surface area contributed by atoms with E-state index in [1.54, 1.807) is 6.08 Å². The van der Waals surface area contributed by atoms with Crippen molar-refractivity contribution in [2.75, 3.05) is 0 Å². The summed E-state index contributed by atoms with van der Waals surface area (Å²) in [5.41, 5.74) is 0.682. The Balaban J connectivity index is 0.000000921. The number of hydrogen-bond acceptors (Lipinski definition) is 1. The molecule has 1 aromatic rings. The highest BCUT2D eigenvalue weighted by Crippen LogP contribution is 1.85. The normalized spacial score (nSPS) is 12.0. The molecular weight excluding hydrogens is 186 g/mol. The molecule has 0 saturated heterocycles. The van der Waals surface area contributed by atoms with E-state index in [4.69, 9.17) is 0 Å². The van der Waals surface area contributed by atoms with Gasteiger partial charge in [-0.15, -0.1) is 0 Å². The summed E-state index contributed by atoms with van der Waals surface area (Å²) >= 11 is 0. The van der Waals surface area contributed by atoms with Crippen LogP contribution in [-0.4, -0.2) is 10.9 Å². The summed E-state index contributed by atoms with van der Waals surface area (Å²) in [5.74, 6) is 0. The Morgan fingerprint density at radius 1 is 1.40 bits per heavy atom. The van der Waals surface area contributed by atoms with E-state index in [1.807, 2.05) is 50.6 Å². The topological polar surface area (TPSA) is 22.0 Å². The second-order valence-electron chi connectivity index (χ2n) is 2.78. The Bertz CT molecular complexity index is 438. The minimum Gasteiger partial charge on any atom is -0.341 e. The summed E-state index contributed by atoms with van der Waals surface area (Å²) in [6, 6.07) is 1.86. The van der Waals surface area contributed by atoms with Gasteiger partial charge in [0.05, 0.1) is 5.69 Å². The fourth-order valence-electron chi connectivity index (χ4n) is 1.33. The second kappa shape index (κ2) is 6.82. The van der Waals surface area contributed by atoms with Crippen LogP contribution in [0, 0.1) is 0 Å². The predicted octanol–water partition coefficient (Wildman–Crippen LogP) is 1.63. The smallest absolute Gasteiger partial charge is 0.166 e. The number of carbonyl (C=O) groups is 1. The van der Waals surface area contributed by atoms with Crippen molar-refractivity contribution in [3.05, 3.63) is 35.0 Å². The van der Waals surface area contributed by atoms with Crippen LogP contribution in [0.15, 0.2) is 18.7 Å². The SMILES string of the molecule is C=C/C=c1\c(=C/C)cc(C=O)n1C.CC. The van der Waals surface area contributed by atoms with E-state index >= 15 is 0 Å². The van der Waals surface area contributed by atoms with Crippen LogP contribution >= 0.6 is 0 Å². The molecule has 0 bridgehead atoms. The highest BCUT2D eigenvalue weighted by Gasteiger charge is 1.98. The van der Waals surface area contributed by atoms with Crippen LogP contribution in [0.5, 0.6) is 0 Å². The molecule has 0 unspecified atom stereocenters. The third kappa shape index (κ3) is 2.94. The van der Waals surface area contributed by atoms with Gasteiger partial charge in [0.15, 0.2) is 6.29 Å². The van der Waals surface area contributed by atoms with Gasteiger partial charge in [0, 0.05) is 12.4 Å². The molecule has 0 aliphatic heterocycles. The van der Waals surface area contributed by atoms with Crippen molar-refractivity contribution < 1.29 is 4.79 Å². The summed E-state index contributed by atoms with van der Waals surface area (Å²) in [5, 5.41) is 2.07. The van der Waals surface area contributed by atoms with Crippen LogP contribution in [0.3, 0.4) is 0 Å². The molecular formula is C13H19NO. The molecule has 0 amide bonds. The van der Waals surface area contributed by atoms with Crippen molar-refractivity contribution in [2.45, 2.75) is 20.8 Å². The minimum absolute atomic E-state index is 0.682. The molecule has 0 saturated carbocycles. The summed E-state index contributed by atoms with van der Waals surface area (Å²) in [7, 11) is 1.87. The highest BCUT2D eigenvalue weighted by atomic mass is 16.1. The molecule has 0 spiro atoms. The average molecular weight is 205 g/mol. The lowest BCUT2D eigenvalue weighted by molar-refractivity contribution is 0.111. The van der Waals surface area contributed by atoms with Gasteiger partial charge in [-0.3, -0.25) is 4.79 Å². The van der Waals surface area contributed by atoms with Gasteiger partial charge in [0.2, 0.25) is 0 Å². The zero-order valence-electron chi connectivity index (χ0n) is 9.95. The molecule has 0 fully saturated rings. The van der Waals surface area contributed by atoms with E-state index < -0.39 is 0 Å². The van der Waals surface area contributed by atoms with E-state index in [2.05, 4.69) is 6.58 Å². The van der Waals surface area contributed by atoms with Crippen LogP contribution in [0.4, 0.5) is 0 Å². The molecule has 0 aliphatic rings. The van der Waals surface area contributed by atoms with Crippen LogP contribution in [0.1, 0.15) is 31.3 Å². The fourth-order valence-corrected chi connectivity index (χ4v) is 1.33. The summed E-state index contributed by atoms with van der Waals surface area (Å²) in [6.45, 7) is 9.59. The average Bonchev–Trinajstić information content (AvgIpc) is 2.59. The number of nitrogens with zero attached hydrogens (tertiary/aromatic N) is 1. The first-order valence-electron chi connectivity index (χ1n) is 5.14. The van der Waals surface area contributed by atoms with Crippen molar-refractivity contribution in [3.8, 4) is 0 Å². The fraction of sp³-hybridized carbons (Fsp3) is 0.308.